The summed E-state index contributed by atoms with van der Waals surface area (Å²) in [5.41, 5.74) is 0. The van der Waals surface area contributed by atoms with Gasteiger partial charge in [-0.2, -0.15) is 0 Å². The molecule has 0 aromatic rings. The van der Waals surface area contributed by atoms with Crippen LogP contribution < -0.4 is 0 Å². The summed E-state index contributed by atoms with van der Waals surface area (Å²) < 4.78 is 58.3. The molecule has 0 aliphatic carbocycles. The Balaban J connectivity index is -0.000000218. The zero-order chi connectivity index (χ0) is 13.2. The van der Waals surface area contributed by atoms with Crippen LogP contribution in [0.15, 0.2) is 0 Å². The van der Waals surface area contributed by atoms with Crippen LogP contribution in [-0.2, 0) is 39.7 Å². The molecule has 0 spiro atoms. The number of aliphatic hydroxyl groups is 2. The summed E-state index contributed by atoms with van der Waals surface area (Å²) in [6, 6.07) is 0. The predicted molar refractivity (Wildman–Crippen MR) is 52.5 cm³/mol. The third-order valence-corrected chi connectivity index (χ3v) is 2.68. The fourth-order valence-corrected chi connectivity index (χ4v) is 1.45. The van der Waals surface area contributed by atoms with Gasteiger partial charge in [-0.1, -0.05) is 0 Å². The molecule has 0 unspecified atom stereocenters. The first-order valence-electron chi connectivity index (χ1n) is 4.21. The monoisotopic (exact) mass is 342 g/mol. The molecule has 2 N–H and O–H groups in total. The Morgan fingerprint density at radius 1 is 0.765 bits per heavy atom. The summed E-state index contributed by atoms with van der Waals surface area (Å²) >= 11 is 0. The molecule has 0 aromatic carbocycles. The third kappa shape index (κ3) is 31.4. The fraction of sp³-hybridized carbons (Fsp3) is 1.00. The molecule has 0 amide bonds. The standard InChI is InChI=1S/2C3H8O4S.Zn/c2*4-2-1-3-8(5,6)7;/h2*4H,1-3H2,(H,5,6,7);/q;;+2/p-2. The van der Waals surface area contributed by atoms with E-state index >= 15 is 0 Å². The molecular weight excluding hydrogens is 330 g/mol. The second-order valence-corrected chi connectivity index (χ2v) is 5.73. The summed E-state index contributed by atoms with van der Waals surface area (Å²) in [7, 11) is -8.19. The summed E-state index contributed by atoms with van der Waals surface area (Å²) in [6.45, 7) is -0.497. The quantitative estimate of drug-likeness (QED) is 0.407. The number of rotatable bonds is 6. The summed E-state index contributed by atoms with van der Waals surface area (Å²) in [6.07, 6.45) is 0.0671. The molecule has 0 saturated carbocycles. The molecule has 0 aromatic heterocycles. The largest absolute Gasteiger partial charge is 2.00 e. The van der Waals surface area contributed by atoms with Crippen molar-refractivity contribution in [2.75, 3.05) is 24.7 Å². The Hall–Kier alpha value is 0.363. The van der Waals surface area contributed by atoms with Crippen LogP contribution in [0.2, 0.25) is 0 Å². The smallest absolute Gasteiger partial charge is 0.748 e. The van der Waals surface area contributed by atoms with Crippen molar-refractivity contribution in [3.8, 4) is 0 Å². The average Bonchev–Trinajstić information content (AvgIpc) is 2.10. The van der Waals surface area contributed by atoms with E-state index in [9.17, 15) is 25.9 Å². The topological polar surface area (TPSA) is 155 Å². The van der Waals surface area contributed by atoms with E-state index in [2.05, 4.69) is 0 Å². The average molecular weight is 344 g/mol. The number of hydrogen-bond acceptors (Lipinski definition) is 8. The maximum absolute atomic E-state index is 9.72. The molecule has 8 nitrogen and oxygen atoms in total. The van der Waals surface area contributed by atoms with E-state index in [1.807, 2.05) is 0 Å². The van der Waals surface area contributed by atoms with Crippen LogP contribution >= 0.6 is 0 Å². The van der Waals surface area contributed by atoms with E-state index in [0.717, 1.165) is 0 Å². The van der Waals surface area contributed by atoms with Gasteiger partial charge < -0.3 is 19.3 Å². The zero-order valence-corrected chi connectivity index (χ0v) is 13.7. The molecule has 0 bridgehead atoms. The van der Waals surface area contributed by atoms with E-state index in [1.165, 1.54) is 0 Å². The van der Waals surface area contributed by atoms with Gasteiger partial charge in [-0.05, 0) is 12.8 Å². The van der Waals surface area contributed by atoms with Crippen LogP contribution in [0.1, 0.15) is 12.8 Å². The van der Waals surface area contributed by atoms with Crippen LogP contribution in [0.3, 0.4) is 0 Å². The van der Waals surface area contributed by atoms with E-state index < -0.39 is 31.7 Å². The van der Waals surface area contributed by atoms with E-state index in [1.54, 1.807) is 0 Å². The van der Waals surface area contributed by atoms with E-state index in [4.69, 9.17) is 10.2 Å². The van der Waals surface area contributed by atoms with Gasteiger partial charge in [0.15, 0.2) is 0 Å². The minimum atomic E-state index is -4.10. The zero-order valence-electron chi connectivity index (χ0n) is 9.11. The summed E-state index contributed by atoms with van der Waals surface area (Å²) in [5, 5.41) is 16.1. The van der Waals surface area contributed by atoms with E-state index in [-0.39, 0.29) is 45.5 Å². The molecule has 0 radical (unpaired) electrons. The van der Waals surface area contributed by atoms with Crippen molar-refractivity contribution in [3.63, 3.8) is 0 Å². The molecule has 17 heavy (non-hydrogen) atoms. The first-order chi connectivity index (χ1) is 7.12. The van der Waals surface area contributed by atoms with Crippen molar-refractivity contribution in [2.24, 2.45) is 0 Å². The molecule has 0 atom stereocenters. The normalized spacial score (nSPS) is 11.1. The van der Waals surface area contributed by atoms with Gasteiger partial charge in [0.25, 0.3) is 0 Å². The molecular formula is C6H14O8S2Zn. The molecule has 100 valence electrons. The van der Waals surface area contributed by atoms with Gasteiger partial charge in [-0.3, -0.25) is 0 Å². The SMILES string of the molecule is O=S(=O)([O-])CCCO.O=S(=O)([O-])CCCO.[Zn+2]. The first-order valence-corrected chi connectivity index (χ1v) is 7.36. The van der Waals surface area contributed by atoms with Gasteiger partial charge in [0, 0.05) is 24.7 Å². The van der Waals surface area contributed by atoms with Gasteiger partial charge in [0.05, 0.1) is 20.2 Å². The van der Waals surface area contributed by atoms with Crippen molar-refractivity contribution in [3.05, 3.63) is 0 Å². The predicted octanol–water partition coefficient (Wildman–Crippen LogP) is -2.17. The molecule has 11 heteroatoms. The van der Waals surface area contributed by atoms with E-state index in [0.29, 0.717) is 0 Å². The Morgan fingerprint density at radius 2 is 1.00 bits per heavy atom. The Bertz CT molecular complexity index is 312. The Labute approximate surface area is 113 Å². The molecule has 0 heterocycles. The molecule has 0 aliphatic heterocycles. The molecule has 0 saturated heterocycles. The Morgan fingerprint density at radius 3 is 1.06 bits per heavy atom. The van der Waals surface area contributed by atoms with Gasteiger partial charge >= 0.3 is 19.5 Å². The fourth-order valence-electron chi connectivity index (χ4n) is 0.483. The Kier molecular flexibility index (Phi) is 15.2. The van der Waals surface area contributed by atoms with Gasteiger partial charge in [-0.25, -0.2) is 16.8 Å². The van der Waals surface area contributed by atoms with Crippen LogP contribution in [0, 0.1) is 0 Å². The minimum absolute atomic E-state index is 0. The number of hydrogen-bond donors (Lipinski definition) is 2. The first kappa shape index (κ1) is 22.5. The van der Waals surface area contributed by atoms with Gasteiger partial charge in [-0.15, -0.1) is 0 Å². The van der Waals surface area contributed by atoms with Crippen LogP contribution in [-0.4, -0.2) is 60.9 Å². The van der Waals surface area contributed by atoms with Crippen molar-refractivity contribution in [2.45, 2.75) is 12.8 Å². The second kappa shape index (κ2) is 11.5. The molecule has 0 rings (SSSR count). The summed E-state index contributed by atoms with van der Waals surface area (Å²) in [4.78, 5) is 0. The maximum Gasteiger partial charge on any atom is 2.00 e. The van der Waals surface area contributed by atoms with Crippen LogP contribution in [0.25, 0.3) is 0 Å². The van der Waals surface area contributed by atoms with Crippen molar-refractivity contribution in [1.82, 2.24) is 0 Å². The van der Waals surface area contributed by atoms with Crippen molar-refractivity contribution in [1.29, 1.82) is 0 Å². The van der Waals surface area contributed by atoms with Gasteiger partial charge in [0.2, 0.25) is 0 Å². The van der Waals surface area contributed by atoms with Gasteiger partial charge in [0.1, 0.15) is 0 Å². The third-order valence-electron chi connectivity index (χ3n) is 1.10. The molecule has 0 aliphatic rings. The van der Waals surface area contributed by atoms with Crippen LogP contribution in [0.5, 0.6) is 0 Å². The maximum atomic E-state index is 9.72. The molecule has 0 fully saturated rings. The van der Waals surface area contributed by atoms with Crippen molar-refractivity contribution < 1.29 is 55.6 Å². The second-order valence-electron chi connectivity index (χ2n) is 2.68. The number of aliphatic hydroxyl groups excluding tert-OH is 2. The van der Waals surface area contributed by atoms with Crippen LogP contribution in [0.4, 0.5) is 0 Å². The summed E-state index contributed by atoms with van der Waals surface area (Å²) in [5.74, 6) is -0.938. The van der Waals surface area contributed by atoms with Crippen molar-refractivity contribution >= 4 is 20.2 Å². The minimum Gasteiger partial charge on any atom is -0.748 e.